The summed E-state index contributed by atoms with van der Waals surface area (Å²) in [6.45, 7) is 7.99. The number of ether oxygens (including phenoxy) is 1. The quantitative estimate of drug-likeness (QED) is 0.384. The molecule has 1 saturated heterocycles. The van der Waals surface area contributed by atoms with Crippen LogP contribution in [0.5, 0.6) is 0 Å². The van der Waals surface area contributed by atoms with Crippen LogP contribution in [0.1, 0.15) is 33.1 Å². The number of nitrogens with zero attached hydrogens (tertiary/aromatic N) is 3. The highest BCUT2D eigenvalue weighted by Gasteiger charge is 2.18. The first-order valence-electron chi connectivity index (χ1n) is 8.56. The average molecular weight is 336 g/mol. The Hall–Kier alpha value is -2.07. The number of rotatable bonds is 9. The molecule has 0 spiro atoms. The van der Waals surface area contributed by atoms with Crippen LogP contribution in [-0.4, -0.2) is 67.6 Å². The molecule has 0 atom stereocenters. The summed E-state index contributed by atoms with van der Waals surface area (Å²) in [5.74, 6) is -0.307. The Morgan fingerprint density at radius 3 is 2.46 bits per heavy atom. The van der Waals surface area contributed by atoms with E-state index in [9.17, 15) is 14.9 Å². The van der Waals surface area contributed by atoms with Crippen LogP contribution in [0.15, 0.2) is 11.8 Å². The zero-order chi connectivity index (χ0) is 17.8. The van der Waals surface area contributed by atoms with Crippen LogP contribution in [0.4, 0.5) is 0 Å². The van der Waals surface area contributed by atoms with Gasteiger partial charge in [-0.1, -0.05) is 13.3 Å². The Morgan fingerprint density at radius 1 is 1.21 bits per heavy atom. The third kappa shape index (κ3) is 7.47. The molecule has 24 heavy (non-hydrogen) atoms. The number of nitrogens with one attached hydrogen (secondary N) is 1. The lowest BCUT2D eigenvalue weighted by Crippen LogP contribution is -2.46. The molecule has 0 unspecified atom stereocenters. The van der Waals surface area contributed by atoms with Crippen LogP contribution >= 0.6 is 0 Å². The molecule has 1 aliphatic heterocycles. The molecule has 0 aromatic rings. The zero-order valence-electron chi connectivity index (χ0n) is 14.7. The maximum absolute atomic E-state index is 12.0. The SMILES string of the molecule is CCCCOCCCNC(=O)/C(C#N)=C\N1CCN(C(C)=O)CC1. The molecule has 0 saturated carbocycles. The third-order valence-corrected chi connectivity index (χ3v) is 3.83. The van der Waals surface area contributed by atoms with Crippen molar-refractivity contribution in [1.29, 1.82) is 5.26 Å². The fraction of sp³-hybridized carbons (Fsp3) is 0.706. The summed E-state index contributed by atoms with van der Waals surface area (Å²) >= 11 is 0. The molecule has 7 nitrogen and oxygen atoms in total. The normalized spacial score (nSPS) is 15.1. The lowest BCUT2D eigenvalue weighted by molar-refractivity contribution is -0.130. The predicted octanol–water partition coefficient (Wildman–Crippen LogP) is 0.881. The summed E-state index contributed by atoms with van der Waals surface area (Å²) in [6.07, 6.45) is 4.47. The number of carbonyl (C=O) groups is 2. The standard InChI is InChI=1S/C17H28N4O3/c1-3-4-11-24-12-5-6-19-17(23)16(13-18)14-20-7-9-21(10-8-20)15(2)22/h14H,3-12H2,1-2H3,(H,19,23)/b16-14-. The minimum Gasteiger partial charge on any atom is -0.381 e. The molecule has 0 aromatic heterocycles. The van der Waals surface area contributed by atoms with Crippen LogP contribution in [0.3, 0.4) is 0 Å². The number of unbranched alkanes of at least 4 members (excludes halogenated alkanes) is 1. The lowest BCUT2D eigenvalue weighted by Gasteiger charge is -2.33. The van der Waals surface area contributed by atoms with Gasteiger partial charge in [-0.3, -0.25) is 9.59 Å². The first-order chi connectivity index (χ1) is 11.6. The van der Waals surface area contributed by atoms with Gasteiger partial charge >= 0.3 is 0 Å². The van der Waals surface area contributed by atoms with Crippen molar-refractivity contribution in [3.8, 4) is 6.07 Å². The van der Waals surface area contributed by atoms with Gasteiger partial charge < -0.3 is 19.9 Å². The molecule has 1 aliphatic rings. The molecule has 0 aromatic carbocycles. The Labute approximate surface area is 144 Å². The van der Waals surface area contributed by atoms with Gasteiger partial charge in [-0.25, -0.2) is 0 Å². The minimum atomic E-state index is -0.361. The second kappa shape index (κ2) is 11.5. The smallest absolute Gasteiger partial charge is 0.263 e. The first kappa shape index (κ1) is 20.0. The van der Waals surface area contributed by atoms with E-state index in [1.807, 2.05) is 11.0 Å². The molecule has 1 rings (SSSR count). The summed E-state index contributed by atoms with van der Waals surface area (Å²) in [6, 6.07) is 1.95. The van der Waals surface area contributed by atoms with Crippen molar-refractivity contribution in [2.75, 3.05) is 45.9 Å². The van der Waals surface area contributed by atoms with Crippen LogP contribution in [0, 0.1) is 11.3 Å². The second-order valence-corrected chi connectivity index (χ2v) is 5.77. The van der Waals surface area contributed by atoms with Crippen LogP contribution in [-0.2, 0) is 14.3 Å². The molecular formula is C17H28N4O3. The van der Waals surface area contributed by atoms with E-state index >= 15 is 0 Å². The highest BCUT2D eigenvalue weighted by atomic mass is 16.5. The second-order valence-electron chi connectivity index (χ2n) is 5.77. The number of hydrogen-bond donors (Lipinski definition) is 1. The summed E-state index contributed by atoms with van der Waals surface area (Å²) < 4.78 is 5.42. The Balaban J connectivity index is 2.31. The molecule has 0 radical (unpaired) electrons. The highest BCUT2D eigenvalue weighted by Crippen LogP contribution is 2.05. The summed E-state index contributed by atoms with van der Waals surface area (Å²) in [5, 5.41) is 11.9. The number of amides is 2. The molecule has 1 fully saturated rings. The number of piperazine rings is 1. The first-order valence-corrected chi connectivity index (χ1v) is 8.56. The van der Waals surface area contributed by atoms with E-state index in [0.29, 0.717) is 39.3 Å². The van der Waals surface area contributed by atoms with Crippen LogP contribution < -0.4 is 5.32 Å². The van der Waals surface area contributed by atoms with Gasteiger partial charge in [0.1, 0.15) is 11.6 Å². The summed E-state index contributed by atoms with van der Waals surface area (Å²) in [4.78, 5) is 27.0. The minimum absolute atomic E-state index is 0.0537. The number of carbonyl (C=O) groups excluding carboxylic acids is 2. The molecule has 1 N–H and O–H groups in total. The van der Waals surface area contributed by atoms with Crippen molar-refractivity contribution in [1.82, 2.24) is 15.1 Å². The van der Waals surface area contributed by atoms with Crippen LogP contribution in [0.25, 0.3) is 0 Å². The zero-order valence-corrected chi connectivity index (χ0v) is 14.7. The van der Waals surface area contributed by atoms with Crippen molar-refractivity contribution < 1.29 is 14.3 Å². The van der Waals surface area contributed by atoms with Gasteiger partial charge in [-0.15, -0.1) is 0 Å². The molecule has 7 heteroatoms. The molecule has 2 amide bonds. The van der Waals surface area contributed by atoms with Gasteiger partial charge in [0, 0.05) is 59.1 Å². The highest BCUT2D eigenvalue weighted by molar-refractivity contribution is 5.97. The maximum atomic E-state index is 12.0. The number of hydrogen-bond acceptors (Lipinski definition) is 5. The fourth-order valence-corrected chi connectivity index (χ4v) is 2.31. The van der Waals surface area contributed by atoms with Gasteiger partial charge in [0.05, 0.1) is 0 Å². The molecule has 0 aliphatic carbocycles. The molecular weight excluding hydrogens is 308 g/mol. The van der Waals surface area contributed by atoms with E-state index in [-0.39, 0.29) is 17.4 Å². The lowest BCUT2D eigenvalue weighted by atomic mass is 10.2. The van der Waals surface area contributed by atoms with E-state index in [1.165, 1.54) is 0 Å². The van der Waals surface area contributed by atoms with E-state index in [1.54, 1.807) is 18.0 Å². The van der Waals surface area contributed by atoms with Crippen molar-refractivity contribution in [3.63, 3.8) is 0 Å². The topological polar surface area (TPSA) is 85.7 Å². The van der Waals surface area contributed by atoms with Crippen molar-refractivity contribution in [2.45, 2.75) is 33.1 Å². The summed E-state index contributed by atoms with van der Waals surface area (Å²) in [5.41, 5.74) is 0.0955. The number of nitriles is 1. The van der Waals surface area contributed by atoms with Gasteiger partial charge in [-0.05, 0) is 12.8 Å². The average Bonchev–Trinajstić information content (AvgIpc) is 2.59. The van der Waals surface area contributed by atoms with Crippen LogP contribution in [0.2, 0.25) is 0 Å². The molecule has 0 bridgehead atoms. The van der Waals surface area contributed by atoms with Crippen molar-refractivity contribution in [2.24, 2.45) is 0 Å². The maximum Gasteiger partial charge on any atom is 0.263 e. The van der Waals surface area contributed by atoms with E-state index in [4.69, 9.17) is 4.74 Å². The van der Waals surface area contributed by atoms with Crippen molar-refractivity contribution >= 4 is 11.8 Å². The predicted molar refractivity (Wildman–Crippen MR) is 90.9 cm³/mol. The van der Waals surface area contributed by atoms with E-state index < -0.39 is 0 Å². The Bertz CT molecular complexity index is 477. The van der Waals surface area contributed by atoms with E-state index in [0.717, 1.165) is 25.9 Å². The summed E-state index contributed by atoms with van der Waals surface area (Å²) in [7, 11) is 0. The monoisotopic (exact) mass is 336 g/mol. The van der Waals surface area contributed by atoms with Gasteiger partial charge in [0.25, 0.3) is 5.91 Å². The largest absolute Gasteiger partial charge is 0.381 e. The Morgan fingerprint density at radius 2 is 1.88 bits per heavy atom. The Kier molecular flexibility index (Phi) is 9.54. The third-order valence-electron chi connectivity index (χ3n) is 3.83. The molecule has 134 valence electrons. The van der Waals surface area contributed by atoms with Gasteiger partial charge in [0.2, 0.25) is 5.91 Å². The molecule has 1 heterocycles. The van der Waals surface area contributed by atoms with Gasteiger partial charge in [-0.2, -0.15) is 5.26 Å². The fourth-order valence-electron chi connectivity index (χ4n) is 2.31. The van der Waals surface area contributed by atoms with E-state index in [2.05, 4.69) is 12.2 Å². The van der Waals surface area contributed by atoms with Gasteiger partial charge in [0.15, 0.2) is 0 Å². The van der Waals surface area contributed by atoms with Crippen molar-refractivity contribution in [3.05, 3.63) is 11.8 Å².